The van der Waals surface area contributed by atoms with Crippen LogP contribution < -0.4 is 20.9 Å². The van der Waals surface area contributed by atoms with E-state index in [9.17, 15) is 14.4 Å². The summed E-state index contributed by atoms with van der Waals surface area (Å²) in [5, 5.41) is 17.5. The van der Waals surface area contributed by atoms with Crippen LogP contribution in [0.4, 0.5) is 17.3 Å². The Balaban J connectivity index is 1.08. The predicted molar refractivity (Wildman–Crippen MR) is 183 cm³/mol. The standard InChI is InChI=1S/C37H40N8O3/c1-36(13-17-44(18-14-36)31-10-6-16-40-43-31)35(48)45(23-27-8-4-3-7-26(27)22-38-2)24-32(46)41-29-12-11-25-20-37(21-28(25)19-29)30-9-5-15-39-33(30)42-34(37)47/h3-12,15-16,19,38H,13-14,17-18,20-24H2,1-2H3,(H,41,46)(H,39,42,47)/t37-/m1/s1. The highest BCUT2D eigenvalue weighted by molar-refractivity contribution is 6.06. The molecule has 4 heterocycles. The lowest BCUT2D eigenvalue weighted by Crippen LogP contribution is -2.50. The molecule has 2 aromatic heterocycles. The summed E-state index contributed by atoms with van der Waals surface area (Å²) >= 11 is 0. The first-order valence-electron chi connectivity index (χ1n) is 16.5. The first kappa shape index (κ1) is 31.4. The molecule has 0 unspecified atom stereocenters. The lowest BCUT2D eigenvalue weighted by molar-refractivity contribution is -0.145. The van der Waals surface area contributed by atoms with Gasteiger partial charge in [-0.1, -0.05) is 43.3 Å². The van der Waals surface area contributed by atoms with Crippen molar-refractivity contribution < 1.29 is 14.4 Å². The molecule has 1 fully saturated rings. The zero-order chi connectivity index (χ0) is 33.3. The quantitative estimate of drug-likeness (QED) is 0.250. The van der Waals surface area contributed by atoms with Gasteiger partial charge in [-0.2, -0.15) is 5.10 Å². The molecule has 11 nitrogen and oxygen atoms in total. The van der Waals surface area contributed by atoms with Crippen molar-refractivity contribution >= 4 is 35.0 Å². The topological polar surface area (TPSA) is 132 Å². The molecule has 1 spiro atoms. The molecular weight excluding hydrogens is 604 g/mol. The number of carbonyl (C=O) groups excluding carboxylic acids is 3. The fourth-order valence-corrected chi connectivity index (χ4v) is 7.49. The molecule has 1 aliphatic carbocycles. The lowest BCUT2D eigenvalue weighted by Gasteiger charge is -2.41. The Labute approximate surface area is 280 Å². The van der Waals surface area contributed by atoms with Crippen LogP contribution in [-0.2, 0) is 45.7 Å². The normalized spacial score (nSPS) is 19.0. The molecule has 48 heavy (non-hydrogen) atoms. The molecule has 1 atom stereocenters. The molecular formula is C37H40N8O3. The molecule has 1 saturated heterocycles. The second-order valence-electron chi connectivity index (χ2n) is 13.4. The van der Waals surface area contributed by atoms with E-state index >= 15 is 0 Å². The number of hydrogen-bond acceptors (Lipinski definition) is 8. The average molecular weight is 645 g/mol. The second kappa shape index (κ2) is 12.8. The number of amides is 3. The van der Waals surface area contributed by atoms with Crippen molar-refractivity contribution in [2.45, 2.75) is 51.1 Å². The summed E-state index contributed by atoms with van der Waals surface area (Å²) in [6, 6.07) is 21.5. The van der Waals surface area contributed by atoms with E-state index in [2.05, 4.69) is 36.0 Å². The van der Waals surface area contributed by atoms with Gasteiger partial charge in [0.25, 0.3) is 0 Å². The third-order valence-corrected chi connectivity index (χ3v) is 10.2. The van der Waals surface area contributed by atoms with Crippen molar-refractivity contribution in [3.63, 3.8) is 0 Å². The summed E-state index contributed by atoms with van der Waals surface area (Å²) < 4.78 is 0. The summed E-state index contributed by atoms with van der Waals surface area (Å²) in [7, 11) is 1.90. The van der Waals surface area contributed by atoms with E-state index in [1.807, 2.05) is 80.7 Å². The van der Waals surface area contributed by atoms with Crippen molar-refractivity contribution in [2.24, 2.45) is 5.41 Å². The summed E-state index contributed by atoms with van der Waals surface area (Å²) in [5.41, 5.74) is 4.44. The molecule has 2 aliphatic heterocycles. The van der Waals surface area contributed by atoms with Crippen LogP contribution in [-0.4, -0.2) is 64.5 Å². The largest absolute Gasteiger partial charge is 0.355 e. The van der Waals surface area contributed by atoms with Gasteiger partial charge in [-0.15, -0.1) is 5.10 Å². The van der Waals surface area contributed by atoms with Crippen LogP contribution in [0.3, 0.4) is 0 Å². The van der Waals surface area contributed by atoms with E-state index in [-0.39, 0.29) is 24.3 Å². The van der Waals surface area contributed by atoms with Crippen molar-refractivity contribution in [1.82, 2.24) is 25.4 Å². The van der Waals surface area contributed by atoms with Gasteiger partial charge in [0.15, 0.2) is 5.82 Å². The van der Waals surface area contributed by atoms with Crippen molar-refractivity contribution in [3.05, 3.63) is 107 Å². The van der Waals surface area contributed by atoms with E-state index in [4.69, 9.17) is 0 Å². The molecule has 11 heteroatoms. The zero-order valence-electron chi connectivity index (χ0n) is 27.3. The number of rotatable bonds is 9. The number of benzene rings is 2. The van der Waals surface area contributed by atoms with Crippen LogP contribution in [0.5, 0.6) is 0 Å². The van der Waals surface area contributed by atoms with Gasteiger partial charge in [0.1, 0.15) is 12.4 Å². The van der Waals surface area contributed by atoms with Gasteiger partial charge in [-0.05, 0) is 85.3 Å². The monoisotopic (exact) mass is 644 g/mol. The Bertz CT molecular complexity index is 1860. The number of piperidine rings is 1. The van der Waals surface area contributed by atoms with Gasteiger partial charge in [-0.25, -0.2) is 4.98 Å². The average Bonchev–Trinajstić information content (AvgIpc) is 3.62. The van der Waals surface area contributed by atoms with E-state index in [1.54, 1.807) is 17.3 Å². The van der Waals surface area contributed by atoms with Gasteiger partial charge in [0, 0.05) is 55.2 Å². The molecule has 246 valence electrons. The zero-order valence-corrected chi connectivity index (χ0v) is 27.3. The maximum absolute atomic E-state index is 14.4. The fraction of sp³-hybridized carbons (Fsp3) is 0.351. The first-order valence-corrected chi connectivity index (χ1v) is 16.5. The Morgan fingerprint density at radius 3 is 2.50 bits per heavy atom. The predicted octanol–water partition coefficient (Wildman–Crippen LogP) is 3.85. The molecule has 7 rings (SSSR count). The minimum Gasteiger partial charge on any atom is -0.355 e. The maximum Gasteiger partial charge on any atom is 0.244 e. The highest BCUT2D eigenvalue weighted by atomic mass is 16.2. The first-order chi connectivity index (χ1) is 23.3. The van der Waals surface area contributed by atoms with E-state index in [0.29, 0.717) is 63.4 Å². The smallest absolute Gasteiger partial charge is 0.244 e. The van der Waals surface area contributed by atoms with Crippen molar-refractivity contribution in [2.75, 3.05) is 42.2 Å². The number of anilines is 3. The third-order valence-electron chi connectivity index (χ3n) is 10.2. The molecule has 3 N–H and O–H groups in total. The van der Waals surface area contributed by atoms with Gasteiger partial charge in [0.05, 0.1) is 5.41 Å². The minimum absolute atomic E-state index is 0.0360. The third kappa shape index (κ3) is 5.90. The van der Waals surface area contributed by atoms with Crippen LogP contribution >= 0.6 is 0 Å². The SMILES string of the molecule is CNCc1ccccc1CN(CC(=O)Nc1ccc2c(c1)C[C@@]1(C2)C(=O)Nc2ncccc21)C(=O)C1(C)CCN(c2cccnn2)CC1. The van der Waals surface area contributed by atoms with Crippen LogP contribution in [0.1, 0.15) is 47.6 Å². The maximum atomic E-state index is 14.4. The number of fused-ring (bicyclic) bond motifs is 3. The van der Waals surface area contributed by atoms with Gasteiger partial charge < -0.3 is 25.8 Å². The summed E-state index contributed by atoms with van der Waals surface area (Å²) in [6.07, 6.45) is 5.73. The number of nitrogens with zero attached hydrogens (tertiary/aromatic N) is 5. The molecule has 0 radical (unpaired) electrons. The van der Waals surface area contributed by atoms with E-state index in [1.165, 1.54) is 0 Å². The fourth-order valence-electron chi connectivity index (χ4n) is 7.49. The molecule has 0 bridgehead atoms. The molecule has 4 aromatic rings. The Kier molecular flexibility index (Phi) is 8.38. The van der Waals surface area contributed by atoms with Crippen molar-refractivity contribution in [3.8, 4) is 0 Å². The Morgan fingerprint density at radius 2 is 1.73 bits per heavy atom. The van der Waals surface area contributed by atoms with Crippen LogP contribution in [0.25, 0.3) is 0 Å². The minimum atomic E-state index is -0.684. The number of aromatic nitrogens is 3. The van der Waals surface area contributed by atoms with Crippen LogP contribution in [0.15, 0.2) is 79.1 Å². The Morgan fingerprint density at radius 1 is 0.958 bits per heavy atom. The van der Waals surface area contributed by atoms with Crippen molar-refractivity contribution in [1.29, 1.82) is 0 Å². The summed E-state index contributed by atoms with van der Waals surface area (Å²) in [4.78, 5) is 49.5. The molecule has 2 aromatic carbocycles. The molecule has 3 amide bonds. The number of pyridine rings is 1. The highest BCUT2D eigenvalue weighted by Crippen LogP contribution is 2.47. The Hall–Kier alpha value is -5.16. The van der Waals surface area contributed by atoms with E-state index < -0.39 is 10.8 Å². The summed E-state index contributed by atoms with van der Waals surface area (Å²) in [6.45, 7) is 4.25. The number of nitrogens with one attached hydrogen (secondary N) is 3. The lowest BCUT2D eigenvalue weighted by atomic mass is 9.78. The number of carbonyl (C=O) groups is 3. The highest BCUT2D eigenvalue weighted by Gasteiger charge is 2.51. The van der Waals surface area contributed by atoms with Gasteiger partial charge >= 0.3 is 0 Å². The number of hydrogen-bond donors (Lipinski definition) is 3. The summed E-state index contributed by atoms with van der Waals surface area (Å²) in [5.74, 6) is 1.08. The van der Waals surface area contributed by atoms with Crippen LogP contribution in [0.2, 0.25) is 0 Å². The molecule has 3 aliphatic rings. The molecule has 0 saturated carbocycles. The van der Waals surface area contributed by atoms with E-state index in [0.717, 1.165) is 33.6 Å². The van der Waals surface area contributed by atoms with Crippen LogP contribution in [0, 0.1) is 5.41 Å². The van der Waals surface area contributed by atoms with Gasteiger partial charge in [0.2, 0.25) is 17.7 Å². The second-order valence-corrected chi connectivity index (χ2v) is 13.4. The van der Waals surface area contributed by atoms with Gasteiger partial charge in [-0.3, -0.25) is 14.4 Å².